The molecule has 1 N–H and O–H groups in total. The number of pyridine rings is 1. The lowest BCUT2D eigenvalue weighted by atomic mass is 10.0. The summed E-state index contributed by atoms with van der Waals surface area (Å²) in [4.78, 5) is 4.05. The zero-order valence-corrected chi connectivity index (χ0v) is 13.5. The highest BCUT2D eigenvalue weighted by Crippen LogP contribution is 2.28. The van der Waals surface area contributed by atoms with Crippen LogP contribution in [0.1, 0.15) is 37.1 Å². The second kappa shape index (κ2) is 6.86. The first-order chi connectivity index (χ1) is 9.61. The molecule has 1 aromatic heterocycles. The van der Waals surface area contributed by atoms with E-state index in [-0.39, 0.29) is 12.1 Å². The average molecular weight is 335 g/mol. The van der Waals surface area contributed by atoms with Crippen LogP contribution in [-0.4, -0.2) is 12.1 Å². The van der Waals surface area contributed by atoms with E-state index in [1.165, 1.54) is 11.1 Å². The molecule has 0 saturated carbocycles. The van der Waals surface area contributed by atoms with E-state index in [9.17, 15) is 0 Å². The van der Waals surface area contributed by atoms with Crippen molar-refractivity contribution in [2.45, 2.75) is 25.9 Å². The molecule has 0 fully saturated rings. The number of rotatable bonds is 5. The van der Waals surface area contributed by atoms with Crippen molar-refractivity contribution in [3.63, 3.8) is 0 Å². The fraction of sp³-hybridized carbons (Fsp3) is 0.312. The minimum atomic E-state index is 0.250. The van der Waals surface area contributed by atoms with E-state index in [0.717, 1.165) is 10.2 Å². The highest BCUT2D eigenvalue weighted by Gasteiger charge is 2.12. The molecule has 0 spiro atoms. The molecule has 1 unspecified atom stereocenters. The number of aromatic nitrogens is 1. The SMILES string of the molecule is COc1ccc(C(C)N[C@@H](C)c2ccncc2)cc1Br. The highest BCUT2D eigenvalue weighted by molar-refractivity contribution is 9.10. The van der Waals surface area contributed by atoms with Crippen LogP contribution >= 0.6 is 15.9 Å². The molecule has 0 aliphatic rings. The molecule has 0 saturated heterocycles. The van der Waals surface area contributed by atoms with Crippen LogP contribution in [0.4, 0.5) is 0 Å². The quantitative estimate of drug-likeness (QED) is 0.886. The Morgan fingerprint density at radius 2 is 1.70 bits per heavy atom. The van der Waals surface area contributed by atoms with E-state index in [0.29, 0.717) is 0 Å². The molecule has 0 aliphatic carbocycles. The van der Waals surface area contributed by atoms with Gasteiger partial charge in [-0.2, -0.15) is 0 Å². The summed E-state index contributed by atoms with van der Waals surface area (Å²) in [7, 11) is 1.67. The molecule has 1 heterocycles. The van der Waals surface area contributed by atoms with Crippen LogP contribution in [0.15, 0.2) is 47.2 Å². The van der Waals surface area contributed by atoms with Crippen LogP contribution in [0, 0.1) is 0 Å². The van der Waals surface area contributed by atoms with Crippen LogP contribution in [0.3, 0.4) is 0 Å². The van der Waals surface area contributed by atoms with Crippen LogP contribution in [-0.2, 0) is 0 Å². The Morgan fingerprint density at radius 3 is 2.30 bits per heavy atom. The molecular weight excluding hydrogens is 316 g/mol. The number of ether oxygens (including phenoxy) is 1. The summed E-state index contributed by atoms with van der Waals surface area (Å²) in [5.74, 6) is 0.850. The third-order valence-corrected chi connectivity index (χ3v) is 4.00. The fourth-order valence-corrected chi connectivity index (χ4v) is 2.73. The number of methoxy groups -OCH3 is 1. The van der Waals surface area contributed by atoms with E-state index in [1.54, 1.807) is 7.11 Å². The van der Waals surface area contributed by atoms with Gasteiger partial charge >= 0.3 is 0 Å². The summed E-state index contributed by atoms with van der Waals surface area (Å²) in [6.45, 7) is 4.32. The smallest absolute Gasteiger partial charge is 0.133 e. The molecule has 3 nitrogen and oxygen atoms in total. The van der Waals surface area contributed by atoms with Gasteiger partial charge in [-0.05, 0) is 65.2 Å². The molecule has 0 bridgehead atoms. The van der Waals surface area contributed by atoms with Gasteiger partial charge in [0.15, 0.2) is 0 Å². The second-order valence-electron chi connectivity index (χ2n) is 4.78. The van der Waals surface area contributed by atoms with Crippen molar-refractivity contribution in [3.8, 4) is 5.75 Å². The lowest BCUT2D eigenvalue weighted by Crippen LogP contribution is -2.22. The Balaban J connectivity index is 2.08. The number of nitrogens with one attached hydrogen (secondary N) is 1. The molecule has 20 heavy (non-hydrogen) atoms. The van der Waals surface area contributed by atoms with E-state index < -0.39 is 0 Å². The van der Waals surface area contributed by atoms with Gasteiger partial charge in [0.2, 0.25) is 0 Å². The third-order valence-electron chi connectivity index (χ3n) is 3.38. The Labute approximate surface area is 128 Å². The minimum Gasteiger partial charge on any atom is -0.496 e. The van der Waals surface area contributed by atoms with Crippen LogP contribution in [0.25, 0.3) is 0 Å². The molecule has 4 heteroatoms. The van der Waals surface area contributed by atoms with Crippen LogP contribution in [0.2, 0.25) is 0 Å². The highest BCUT2D eigenvalue weighted by atomic mass is 79.9. The summed E-state index contributed by atoms with van der Waals surface area (Å²) in [5.41, 5.74) is 2.46. The van der Waals surface area contributed by atoms with Gasteiger partial charge < -0.3 is 10.1 Å². The second-order valence-corrected chi connectivity index (χ2v) is 5.64. The zero-order valence-electron chi connectivity index (χ0n) is 11.9. The van der Waals surface area contributed by atoms with E-state index in [2.05, 4.69) is 52.2 Å². The summed E-state index contributed by atoms with van der Waals surface area (Å²) in [6.07, 6.45) is 3.64. The number of halogens is 1. The van der Waals surface area contributed by atoms with Gasteiger partial charge in [-0.15, -0.1) is 0 Å². The predicted molar refractivity (Wildman–Crippen MR) is 84.9 cm³/mol. The maximum atomic E-state index is 5.26. The van der Waals surface area contributed by atoms with Crippen LogP contribution in [0.5, 0.6) is 5.75 Å². The van der Waals surface area contributed by atoms with Crippen molar-refractivity contribution in [3.05, 3.63) is 58.3 Å². The first kappa shape index (κ1) is 15.0. The predicted octanol–water partition coefficient (Wildman–Crippen LogP) is 4.26. The van der Waals surface area contributed by atoms with Gasteiger partial charge in [0.1, 0.15) is 5.75 Å². The Kier molecular flexibility index (Phi) is 5.15. The molecule has 2 atom stereocenters. The maximum absolute atomic E-state index is 5.26. The topological polar surface area (TPSA) is 34.1 Å². The summed E-state index contributed by atoms with van der Waals surface area (Å²) >= 11 is 3.53. The normalized spacial score (nSPS) is 13.8. The molecule has 0 aliphatic heterocycles. The van der Waals surface area contributed by atoms with E-state index in [1.807, 2.05) is 30.6 Å². The van der Waals surface area contributed by atoms with Gasteiger partial charge in [0, 0.05) is 24.5 Å². The molecule has 0 amide bonds. The Bertz CT molecular complexity index is 560. The third kappa shape index (κ3) is 3.58. The number of hydrogen-bond acceptors (Lipinski definition) is 3. The van der Waals surface area contributed by atoms with Gasteiger partial charge in [0.05, 0.1) is 11.6 Å². The van der Waals surface area contributed by atoms with E-state index in [4.69, 9.17) is 4.74 Å². The molecule has 2 aromatic rings. The van der Waals surface area contributed by atoms with Gasteiger partial charge in [0.25, 0.3) is 0 Å². The van der Waals surface area contributed by atoms with Crippen LogP contribution < -0.4 is 10.1 Å². The molecule has 2 rings (SSSR count). The zero-order chi connectivity index (χ0) is 14.5. The monoisotopic (exact) mass is 334 g/mol. The average Bonchev–Trinajstić information content (AvgIpc) is 2.48. The lowest BCUT2D eigenvalue weighted by molar-refractivity contribution is 0.411. The molecule has 1 aromatic carbocycles. The molecule has 106 valence electrons. The lowest BCUT2D eigenvalue weighted by Gasteiger charge is -2.21. The minimum absolute atomic E-state index is 0.250. The fourth-order valence-electron chi connectivity index (χ4n) is 2.17. The summed E-state index contributed by atoms with van der Waals surface area (Å²) in [5, 5.41) is 3.59. The number of nitrogens with zero attached hydrogens (tertiary/aromatic N) is 1. The summed E-state index contributed by atoms with van der Waals surface area (Å²) in [6, 6.07) is 10.8. The maximum Gasteiger partial charge on any atom is 0.133 e. The van der Waals surface area contributed by atoms with Crippen molar-refractivity contribution in [2.75, 3.05) is 7.11 Å². The standard InChI is InChI=1S/C16H19BrN2O/c1-11(13-6-8-18-9-7-13)19-12(2)14-4-5-16(20-3)15(17)10-14/h4-12,19H,1-3H3/t11-,12?/m0/s1. The molecule has 0 radical (unpaired) electrons. The van der Waals surface area contributed by atoms with Gasteiger partial charge in [-0.1, -0.05) is 6.07 Å². The van der Waals surface area contributed by atoms with Gasteiger partial charge in [-0.3, -0.25) is 4.98 Å². The largest absolute Gasteiger partial charge is 0.496 e. The first-order valence-electron chi connectivity index (χ1n) is 6.61. The van der Waals surface area contributed by atoms with Crippen molar-refractivity contribution >= 4 is 15.9 Å². The summed E-state index contributed by atoms with van der Waals surface area (Å²) < 4.78 is 6.23. The Hall–Kier alpha value is -1.39. The van der Waals surface area contributed by atoms with Gasteiger partial charge in [-0.25, -0.2) is 0 Å². The first-order valence-corrected chi connectivity index (χ1v) is 7.40. The van der Waals surface area contributed by atoms with E-state index >= 15 is 0 Å². The number of benzene rings is 1. The Morgan fingerprint density at radius 1 is 1.05 bits per heavy atom. The van der Waals surface area contributed by atoms with Crippen molar-refractivity contribution < 1.29 is 4.74 Å². The molecular formula is C16H19BrN2O. The van der Waals surface area contributed by atoms with Crippen molar-refractivity contribution in [2.24, 2.45) is 0 Å². The van der Waals surface area contributed by atoms with Crippen molar-refractivity contribution in [1.29, 1.82) is 0 Å². The van der Waals surface area contributed by atoms with Crippen molar-refractivity contribution in [1.82, 2.24) is 10.3 Å². The number of hydrogen-bond donors (Lipinski definition) is 1.